The summed E-state index contributed by atoms with van der Waals surface area (Å²) in [6, 6.07) is 0. The molecule has 2 aliphatic rings. The zero-order valence-corrected chi connectivity index (χ0v) is 15.7. The lowest BCUT2D eigenvalue weighted by atomic mass is 10.1. The van der Waals surface area contributed by atoms with Gasteiger partial charge in [0.1, 0.15) is 26.2 Å². The van der Waals surface area contributed by atoms with Crippen LogP contribution in [0.5, 0.6) is 0 Å². The molecule has 23 heavy (non-hydrogen) atoms. The van der Waals surface area contributed by atoms with Crippen molar-refractivity contribution in [1.82, 2.24) is 0 Å². The summed E-state index contributed by atoms with van der Waals surface area (Å²) in [4.78, 5) is 0. The Morgan fingerprint density at radius 2 is 0.913 bits per heavy atom. The Hall–Kier alpha value is -0.160. The van der Waals surface area contributed by atoms with Gasteiger partial charge in [0.15, 0.2) is 0 Å². The summed E-state index contributed by atoms with van der Waals surface area (Å²) in [5.74, 6) is 0. The molecule has 2 fully saturated rings. The van der Waals surface area contributed by atoms with E-state index in [1.807, 2.05) is 0 Å². The molecule has 2 rings (SSSR count). The molecule has 2 saturated heterocycles. The molecule has 2 heterocycles. The molecule has 136 valence electrons. The first-order chi connectivity index (χ1) is 11.2. The van der Waals surface area contributed by atoms with E-state index in [1.165, 1.54) is 93.4 Å². The highest BCUT2D eigenvalue weighted by molar-refractivity contribution is 4.56. The Bertz CT molecular complexity index is 280. The zero-order valence-electron chi connectivity index (χ0n) is 15.7. The van der Waals surface area contributed by atoms with Gasteiger partial charge in [-0.25, -0.2) is 0 Å². The van der Waals surface area contributed by atoms with E-state index in [0.29, 0.717) is 0 Å². The Labute approximate surface area is 143 Å². The van der Waals surface area contributed by atoms with Gasteiger partial charge in [-0.05, 0) is 12.8 Å². The van der Waals surface area contributed by atoms with Gasteiger partial charge in [0.2, 0.25) is 0 Å². The standard InChI is InChI=1S/C19H40N2O2/c1-3-5-8-20(12-16-22-17-13-20)10-7-11-21(9-6-4-2)14-18-23-19-15-21/h3-19H2,1-2H3/q+2. The van der Waals surface area contributed by atoms with Gasteiger partial charge in [0.05, 0.1) is 52.6 Å². The topological polar surface area (TPSA) is 18.5 Å². The third-order valence-corrected chi connectivity index (χ3v) is 6.08. The maximum atomic E-state index is 5.64. The highest BCUT2D eigenvalue weighted by Crippen LogP contribution is 2.19. The minimum Gasteiger partial charge on any atom is -0.370 e. The molecule has 4 nitrogen and oxygen atoms in total. The van der Waals surface area contributed by atoms with Crippen molar-refractivity contribution in [2.75, 3.05) is 78.8 Å². The van der Waals surface area contributed by atoms with Crippen molar-refractivity contribution in [3.05, 3.63) is 0 Å². The molecule has 0 aliphatic carbocycles. The molecule has 0 amide bonds. The zero-order chi connectivity index (χ0) is 16.4. The van der Waals surface area contributed by atoms with E-state index in [-0.39, 0.29) is 0 Å². The van der Waals surface area contributed by atoms with Crippen LogP contribution in [0, 0.1) is 0 Å². The first-order valence-corrected chi connectivity index (χ1v) is 10.1. The fraction of sp³-hybridized carbons (Fsp3) is 1.00. The number of hydrogen-bond donors (Lipinski definition) is 0. The fourth-order valence-electron chi connectivity index (χ4n) is 4.31. The molecule has 0 N–H and O–H groups in total. The van der Waals surface area contributed by atoms with Crippen LogP contribution in [0.4, 0.5) is 0 Å². The summed E-state index contributed by atoms with van der Waals surface area (Å²) in [6.07, 6.45) is 6.73. The van der Waals surface area contributed by atoms with Crippen molar-refractivity contribution in [1.29, 1.82) is 0 Å². The second-order valence-corrected chi connectivity index (χ2v) is 7.76. The SMILES string of the molecule is CCCC[N+]1(CCC[N+]2(CCCC)CCOCC2)CCOCC1. The molecule has 0 unspecified atom stereocenters. The molecular formula is C19H40N2O2+2. The maximum absolute atomic E-state index is 5.64. The number of quaternary nitrogens is 2. The van der Waals surface area contributed by atoms with Crippen LogP contribution >= 0.6 is 0 Å². The van der Waals surface area contributed by atoms with Crippen LogP contribution in [0.3, 0.4) is 0 Å². The van der Waals surface area contributed by atoms with Gasteiger partial charge in [-0.3, -0.25) is 0 Å². The van der Waals surface area contributed by atoms with Crippen molar-refractivity contribution < 1.29 is 18.4 Å². The van der Waals surface area contributed by atoms with E-state index >= 15 is 0 Å². The molecule has 0 saturated carbocycles. The average molecular weight is 329 g/mol. The summed E-state index contributed by atoms with van der Waals surface area (Å²) >= 11 is 0. The minimum absolute atomic E-state index is 0.966. The summed E-state index contributed by atoms with van der Waals surface area (Å²) in [6.45, 7) is 18.9. The summed E-state index contributed by atoms with van der Waals surface area (Å²) in [5, 5.41) is 0. The second-order valence-electron chi connectivity index (χ2n) is 7.76. The van der Waals surface area contributed by atoms with Gasteiger partial charge >= 0.3 is 0 Å². The molecule has 0 spiro atoms. The smallest absolute Gasteiger partial charge is 0.102 e. The van der Waals surface area contributed by atoms with Gasteiger partial charge in [-0.15, -0.1) is 0 Å². The monoisotopic (exact) mass is 328 g/mol. The first-order valence-electron chi connectivity index (χ1n) is 10.1. The van der Waals surface area contributed by atoms with Crippen molar-refractivity contribution in [2.24, 2.45) is 0 Å². The highest BCUT2D eigenvalue weighted by atomic mass is 16.5. The third-order valence-electron chi connectivity index (χ3n) is 6.08. The van der Waals surface area contributed by atoms with Crippen LogP contribution in [0.1, 0.15) is 46.0 Å². The van der Waals surface area contributed by atoms with Gasteiger partial charge in [0, 0.05) is 6.42 Å². The second kappa shape index (κ2) is 9.97. The molecule has 0 atom stereocenters. The van der Waals surface area contributed by atoms with Gasteiger partial charge < -0.3 is 18.4 Å². The molecule has 4 heteroatoms. The Morgan fingerprint density at radius 3 is 1.26 bits per heavy atom. The summed E-state index contributed by atoms with van der Waals surface area (Å²) < 4.78 is 13.9. The Balaban J connectivity index is 1.85. The quantitative estimate of drug-likeness (QED) is 0.574. The van der Waals surface area contributed by atoms with Crippen LogP contribution in [0.2, 0.25) is 0 Å². The maximum Gasteiger partial charge on any atom is 0.102 e. The van der Waals surface area contributed by atoms with E-state index in [2.05, 4.69) is 13.8 Å². The first kappa shape index (κ1) is 19.2. The van der Waals surface area contributed by atoms with Crippen LogP contribution in [-0.2, 0) is 9.47 Å². The van der Waals surface area contributed by atoms with E-state index in [1.54, 1.807) is 0 Å². The summed E-state index contributed by atoms with van der Waals surface area (Å²) in [7, 11) is 0. The summed E-state index contributed by atoms with van der Waals surface area (Å²) in [5.41, 5.74) is 0. The van der Waals surface area contributed by atoms with E-state index in [0.717, 1.165) is 26.4 Å². The Morgan fingerprint density at radius 1 is 0.565 bits per heavy atom. The molecule has 0 radical (unpaired) electrons. The molecule has 0 aromatic heterocycles. The van der Waals surface area contributed by atoms with Crippen molar-refractivity contribution in [2.45, 2.75) is 46.0 Å². The highest BCUT2D eigenvalue weighted by Gasteiger charge is 2.33. The van der Waals surface area contributed by atoms with Gasteiger partial charge in [0.25, 0.3) is 0 Å². The third kappa shape index (κ3) is 6.00. The number of ether oxygens (including phenoxy) is 2. The molecule has 0 bridgehead atoms. The van der Waals surface area contributed by atoms with Crippen molar-refractivity contribution in [3.8, 4) is 0 Å². The van der Waals surface area contributed by atoms with Crippen molar-refractivity contribution in [3.63, 3.8) is 0 Å². The van der Waals surface area contributed by atoms with Crippen LogP contribution < -0.4 is 0 Å². The molecule has 0 aromatic carbocycles. The number of nitrogens with zero attached hydrogens (tertiary/aromatic N) is 2. The number of hydrogen-bond acceptors (Lipinski definition) is 2. The lowest BCUT2D eigenvalue weighted by molar-refractivity contribution is -0.952. The molecule has 0 aromatic rings. The van der Waals surface area contributed by atoms with Crippen molar-refractivity contribution >= 4 is 0 Å². The fourth-order valence-corrected chi connectivity index (χ4v) is 4.31. The van der Waals surface area contributed by atoms with Crippen LogP contribution in [0.15, 0.2) is 0 Å². The predicted molar refractivity (Wildman–Crippen MR) is 95.5 cm³/mol. The van der Waals surface area contributed by atoms with Crippen LogP contribution in [0.25, 0.3) is 0 Å². The van der Waals surface area contributed by atoms with Gasteiger partial charge in [-0.2, -0.15) is 0 Å². The number of morpholine rings is 2. The van der Waals surface area contributed by atoms with E-state index < -0.39 is 0 Å². The minimum atomic E-state index is 0.966. The average Bonchev–Trinajstić information content (AvgIpc) is 2.60. The number of rotatable bonds is 10. The number of unbranched alkanes of at least 4 members (excludes halogenated alkanes) is 2. The van der Waals surface area contributed by atoms with E-state index in [4.69, 9.17) is 9.47 Å². The molecular weight excluding hydrogens is 288 g/mol. The van der Waals surface area contributed by atoms with E-state index in [9.17, 15) is 0 Å². The lowest BCUT2D eigenvalue weighted by Crippen LogP contribution is -2.59. The predicted octanol–water partition coefficient (Wildman–Crippen LogP) is 2.67. The van der Waals surface area contributed by atoms with Gasteiger partial charge in [-0.1, -0.05) is 26.7 Å². The Kier molecular flexibility index (Phi) is 8.31. The normalized spacial score (nSPS) is 23.7. The lowest BCUT2D eigenvalue weighted by Gasteiger charge is -2.44. The largest absolute Gasteiger partial charge is 0.370 e. The molecule has 2 aliphatic heterocycles. The van der Waals surface area contributed by atoms with Crippen LogP contribution in [-0.4, -0.2) is 87.8 Å².